The lowest BCUT2D eigenvalue weighted by atomic mass is 9.96. The van der Waals surface area contributed by atoms with Crippen molar-refractivity contribution in [1.29, 1.82) is 0 Å². The second-order valence-corrected chi connectivity index (χ2v) is 11.9. The van der Waals surface area contributed by atoms with E-state index in [4.69, 9.17) is 0 Å². The van der Waals surface area contributed by atoms with Crippen LogP contribution in [0.25, 0.3) is 0 Å². The fourth-order valence-corrected chi connectivity index (χ4v) is 6.60. The minimum atomic E-state index is -3.93. The van der Waals surface area contributed by atoms with Crippen molar-refractivity contribution in [2.75, 3.05) is 6.54 Å². The molecule has 1 N–H and O–H groups in total. The van der Waals surface area contributed by atoms with Crippen LogP contribution < -0.4 is 5.32 Å². The number of hydrogen-bond donors (Lipinski definition) is 1. The minimum absolute atomic E-state index is 0.111. The van der Waals surface area contributed by atoms with Gasteiger partial charge in [0.2, 0.25) is 15.9 Å². The molecule has 192 valence electrons. The Labute approximate surface area is 216 Å². The third-order valence-corrected chi connectivity index (χ3v) is 8.83. The standard InChI is InChI=1S/C30H38N2O3S/c1-19-9-11-27(12-10-19)17-32(36(34,35)30-24(6)13-20(2)14-25(30)7)18-29(33)31-26(8)28-16-22(4)21(3)15-23(28)5/h9-16,26H,17-18H2,1-8H3,(H,31,33)/t26-/m0/s1. The third kappa shape index (κ3) is 6.23. The van der Waals surface area contributed by atoms with Gasteiger partial charge < -0.3 is 5.32 Å². The summed E-state index contributed by atoms with van der Waals surface area (Å²) < 4.78 is 29.1. The Balaban J connectivity index is 1.93. The molecule has 3 aromatic rings. The molecule has 3 rings (SSSR count). The molecule has 0 bridgehead atoms. The molecule has 5 nitrogen and oxygen atoms in total. The van der Waals surface area contributed by atoms with E-state index in [1.165, 1.54) is 9.87 Å². The Morgan fingerprint density at radius 2 is 1.33 bits per heavy atom. The monoisotopic (exact) mass is 506 g/mol. The molecule has 1 amide bonds. The second-order valence-electron chi connectivity index (χ2n) is 10.1. The molecule has 0 radical (unpaired) electrons. The van der Waals surface area contributed by atoms with E-state index in [2.05, 4.69) is 31.3 Å². The van der Waals surface area contributed by atoms with Crippen LogP contribution >= 0.6 is 0 Å². The summed E-state index contributed by atoms with van der Waals surface area (Å²) >= 11 is 0. The van der Waals surface area contributed by atoms with Crippen molar-refractivity contribution in [3.05, 3.63) is 98.6 Å². The molecule has 0 unspecified atom stereocenters. The van der Waals surface area contributed by atoms with Crippen LogP contribution in [0.4, 0.5) is 0 Å². The van der Waals surface area contributed by atoms with Crippen molar-refractivity contribution in [3.63, 3.8) is 0 Å². The van der Waals surface area contributed by atoms with Gasteiger partial charge in [-0.2, -0.15) is 4.31 Å². The van der Waals surface area contributed by atoms with Crippen LogP contribution in [0, 0.1) is 48.5 Å². The SMILES string of the molecule is Cc1ccc(CN(CC(=O)N[C@@H](C)c2cc(C)c(C)cc2C)S(=O)(=O)c2c(C)cc(C)cc2C)cc1. The number of nitrogens with one attached hydrogen (secondary N) is 1. The van der Waals surface area contributed by atoms with Crippen LogP contribution in [-0.4, -0.2) is 25.2 Å². The predicted molar refractivity (Wildman–Crippen MR) is 147 cm³/mol. The summed E-state index contributed by atoms with van der Waals surface area (Å²) in [6.07, 6.45) is 0. The van der Waals surface area contributed by atoms with Gasteiger partial charge in [-0.1, -0.05) is 59.7 Å². The van der Waals surface area contributed by atoms with Crippen LogP contribution in [0.2, 0.25) is 0 Å². The average molecular weight is 507 g/mol. The number of hydrogen-bond acceptors (Lipinski definition) is 3. The lowest BCUT2D eigenvalue weighted by Gasteiger charge is -2.25. The molecular formula is C30H38N2O3S. The van der Waals surface area contributed by atoms with E-state index in [0.29, 0.717) is 11.1 Å². The van der Waals surface area contributed by atoms with Gasteiger partial charge in [-0.25, -0.2) is 8.42 Å². The zero-order valence-electron chi connectivity index (χ0n) is 22.7. The Hall–Kier alpha value is -2.96. The van der Waals surface area contributed by atoms with E-state index in [1.807, 2.05) is 77.9 Å². The van der Waals surface area contributed by atoms with E-state index in [-0.39, 0.29) is 29.9 Å². The smallest absolute Gasteiger partial charge is 0.244 e. The molecule has 0 aliphatic heterocycles. The van der Waals surface area contributed by atoms with Crippen molar-refractivity contribution < 1.29 is 13.2 Å². The number of sulfonamides is 1. The number of carbonyl (C=O) groups excluding carboxylic acids is 1. The maximum absolute atomic E-state index is 13.9. The zero-order chi connectivity index (χ0) is 26.8. The minimum Gasteiger partial charge on any atom is -0.348 e. The van der Waals surface area contributed by atoms with E-state index in [0.717, 1.165) is 33.4 Å². The van der Waals surface area contributed by atoms with Gasteiger partial charge in [-0.15, -0.1) is 0 Å². The maximum atomic E-state index is 13.9. The highest BCUT2D eigenvalue weighted by Crippen LogP contribution is 2.27. The number of rotatable bonds is 8. The zero-order valence-corrected chi connectivity index (χ0v) is 23.5. The van der Waals surface area contributed by atoms with Crippen LogP contribution in [0.3, 0.4) is 0 Å². The first kappa shape index (κ1) is 27.6. The first-order chi connectivity index (χ1) is 16.8. The molecule has 0 aromatic heterocycles. The van der Waals surface area contributed by atoms with Gasteiger partial charge in [0.05, 0.1) is 17.5 Å². The van der Waals surface area contributed by atoms with Crippen molar-refractivity contribution >= 4 is 15.9 Å². The summed E-state index contributed by atoms with van der Waals surface area (Å²) in [5.41, 5.74) is 8.78. The van der Waals surface area contributed by atoms with E-state index in [9.17, 15) is 13.2 Å². The molecule has 1 atom stereocenters. The summed E-state index contributed by atoms with van der Waals surface area (Å²) in [4.78, 5) is 13.5. The molecule has 0 aliphatic carbocycles. The van der Waals surface area contributed by atoms with Gasteiger partial charge in [0.25, 0.3) is 0 Å². The van der Waals surface area contributed by atoms with Crippen LogP contribution in [0.5, 0.6) is 0 Å². The fraction of sp³-hybridized carbons (Fsp3) is 0.367. The third-order valence-electron chi connectivity index (χ3n) is 6.73. The average Bonchev–Trinajstić information content (AvgIpc) is 2.76. The molecule has 0 saturated heterocycles. The second kappa shape index (κ2) is 11.0. The van der Waals surface area contributed by atoms with Crippen LogP contribution in [-0.2, 0) is 21.4 Å². The number of carbonyl (C=O) groups is 1. The molecule has 0 saturated carbocycles. The summed E-state index contributed by atoms with van der Waals surface area (Å²) in [7, 11) is -3.93. The maximum Gasteiger partial charge on any atom is 0.244 e. The highest BCUT2D eigenvalue weighted by Gasteiger charge is 2.30. The molecule has 3 aromatic carbocycles. The van der Waals surface area contributed by atoms with E-state index >= 15 is 0 Å². The largest absolute Gasteiger partial charge is 0.348 e. The van der Waals surface area contributed by atoms with Crippen molar-refractivity contribution in [3.8, 4) is 0 Å². The van der Waals surface area contributed by atoms with Gasteiger partial charge in [-0.3, -0.25) is 4.79 Å². The van der Waals surface area contributed by atoms with Gasteiger partial charge in [0.1, 0.15) is 0 Å². The Morgan fingerprint density at radius 1 is 0.778 bits per heavy atom. The Bertz CT molecular complexity index is 1350. The topological polar surface area (TPSA) is 66.5 Å². The van der Waals surface area contributed by atoms with Gasteiger partial charge in [0, 0.05) is 6.54 Å². The van der Waals surface area contributed by atoms with E-state index in [1.54, 1.807) is 0 Å². The fourth-order valence-electron chi connectivity index (χ4n) is 4.80. The van der Waals surface area contributed by atoms with Crippen LogP contribution in [0.1, 0.15) is 63.0 Å². The number of aryl methyl sites for hydroxylation is 7. The lowest BCUT2D eigenvalue weighted by molar-refractivity contribution is -0.122. The first-order valence-electron chi connectivity index (χ1n) is 12.3. The van der Waals surface area contributed by atoms with E-state index < -0.39 is 10.0 Å². The lowest BCUT2D eigenvalue weighted by Crippen LogP contribution is -2.41. The van der Waals surface area contributed by atoms with Crippen LogP contribution in [0.15, 0.2) is 53.4 Å². The Kier molecular flexibility index (Phi) is 8.42. The van der Waals surface area contributed by atoms with Crippen molar-refractivity contribution in [2.45, 2.75) is 72.9 Å². The number of benzene rings is 3. The number of amides is 1. The normalized spacial score (nSPS) is 12.6. The predicted octanol–water partition coefficient (Wildman–Crippen LogP) is 5.91. The summed E-state index contributed by atoms with van der Waals surface area (Å²) in [6.45, 7) is 15.5. The molecule has 0 spiro atoms. The van der Waals surface area contributed by atoms with Gasteiger partial charge >= 0.3 is 0 Å². The van der Waals surface area contributed by atoms with Crippen molar-refractivity contribution in [1.82, 2.24) is 9.62 Å². The summed E-state index contributed by atoms with van der Waals surface area (Å²) in [6, 6.07) is 15.4. The van der Waals surface area contributed by atoms with Crippen molar-refractivity contribution in [2.24, 2.45) is 0 Å². The highest BCUT2D eigenvalue weighted by atomic mass is 32.2. The number of nitrogens with zero attached hydrogens (tertiary/aromatic N) is 1. The molecule has 0 heterocycles. The Morgan fingerprint density at radius 3 is 1.92 bits per heavy atom. The molecule has 0 fully saturated rings. The van der Waals surface area contributed by atoms with Gasteiger partial charge in [0.15, 0.2) is 0 Å². The molecule has 36 heavy (non-hydrogen) atoms. The summed E-state index contributed by atoms with van der Waals surface area (Å²) in [5, 5.41) is 3.03. The summed E-state index contributed by atoms with van der Waals surface area (Å²) in [5.74, 6) is -0.335. The quantitative estimate of drug-likeness (QED) is 0.413. The van der Waals surface area contributed by atoms with Gasteiger partial charge in [-0.05, 0) is 94.3 Å². The molecule has 0 aliphatic rings. The molecular weight excluding hydrogens is 468 g/mol. The first-order valence-corrected chi connectivity index (χ1v) is 13.7. The molecule has 6 heteroatoms. The highest BCUT2D eigenvalue weighted by molar-refractivity contribution is 7.89.